The summed E-state index contributed by atoms with van der Waals surface area (Å²) in [5.41, 5.74) is 9.49. The highest BCUT2D eigenvalue weighted by Gasteiger charge is 2.36. The number of nitrogens with zero attached hydrogens (tertiary/aromatic N) is 4. The van der Waals surface area contributed by atoms with Crippen LogP contribution in [0.4, 0.5) is 0 Å². The van der Waals surface area contributed by atoms with Crippen molar-refractivity contribution in [2.45, 2.75) is 69.7 Å². The number of amides is 1. The first-order chi connectivity index (χ1) is 17.1. The van der Waals surface area contributed by atoms with E-state index in [0.29, 0.717) is 30.9 Å². The number of benzene rings is 1. The molecule has 184 valence electrons. The molecule has 2 bridgehead atoms. The lowest BCUT2D eigenvalue weighted by molar-refractivity contribution is 0.0577. The van der Waals surface area contributed by atoms with E-state index in [1.165, 1.54) is 5.57 Å². The standard InChI is InChI=1S/C28H29N5O3/c1-27(2,35)16-32-15-19(14-30-32)24-23(25(29)34)31-26-22-11-17(7-10-28(36)8-3-4-9-28)5-6-21(22)18-12-20(13-18)33(24)26/h5-6,11-12,14-15,20,35-36H,3-4,8-9,13,16H2,1-2H3,(H2,29,34). The quantitative estimate of drug-likeness (QED) is 0.492. The number of hydrogen-bond acceptors (Lipinski definition) is 5. The number of carbonyl (C=O) groups excluding carboxylic acids is 1. The Bertz CT molecular complexity index is 1490. The maximum Gasteiger partial charge on any atom is 0.269 e. The predicted octanol–water partition coefficient (Wildman–Crippen LogP) is 3.28. The molecule has 2 aliphatic heterocycles. The number of carbonyl (C=O) groups is 1. The molecule has 4 aliphatic rings. The van der Waals surface area contributed by atoms with Gasteiger partial charge in [0.1, 0.15) is 11.4 Å². The molecule has 1 amide bonds. The number of rotatable bonds is 4. The van der Waals surface area contributed by atoms with Crippen molar-refractivity contribution in [3.63, 3.8) is 0 Å². The zero-order valence-electron chi connectivity index (χ0n) is 20.5. The molecule has 1 fully saturated rings. The maximum absolute atomic E-state index is 12.5. The van der Waals surface area contributed by atoms with Crippen LogP contribution in [0.5, 0.6) is 0 Å². The molecule has 1 atom stereocenters. The SMILES string of the molecule is CC(C)(O)Cn1cc(-c2c(C(N)=O)nc3n2C2C=C(C2)c2ccc(C#CC4(O)CCCC4)cc2-3)cn1. The molecule has 2 aromatic heterocycles. The van der Waals surface area contributed by atoms with Gasteiger partial charge in [-0.15, -0.1) is 0 Å². The van der Waals surface area contributed by atoms with Gasteiger partial charge < -0.3 is 20.5 Å². The lowest BCUT2D eigenvalue weighted by Gasteiger charge is -2.26. The summed E-state index contributed by atoms with van der Waals surface area (Å²) < 4.78 is 3.73. The fraction of sp³-hybridized carbons (Fsp3) is 0.393. The molecular formula is C28H29N5O3. The average Bonchev–Trinajstić information content (AvgIpc) is 3.47. The summed E-state index contributed by atoms with van der Waals surface area (Å²) in [5, 5.41) is 25.3. The van der Waals surface area contributed by atoms with Crippen molar-refractivity contribution in [2.24, 2.45) is 5.73 Å². The van der Waals surface area contributed by atoms with Gasteiger partial charge in [0.25, 0.3) is 5.91 Å². The summed E-state index contributed by atoms with van der Waals surface area (Å²) in [6, 6.07) is 6.07. The largest absolute Gasteiger partial charge is 0.389 e. The highest BCUT2D eigenvalue weighted by molar-refractivity contribution is 5.99. The van der Waals surface area contributed by atoms with Gasteiger partial charge in [-0.05, 0) is 69.2 Å². The van der Waals surface area contributed by atoms with E-state index < -0.39 is 17.1 Å². The normalized spacial score (nSPS) is 19.3. The van der Waals surface area contributed by atoms with Crippen LogP contribution in [0, 0.1) is 11.8 Å². The fourth-order valence-electron chi connectivity index (χ4n) is 5.51. The van der Waals surface area contributed by atoms with E-state index in [1.807, 2.05) is 18.3 Å². The van der Waals surface area contributed by atoms with Gasteiger partial charge >= 0.3 is 0 Å². The van der Waals surface area contributed by atoms with Gasteiger partial charge in [0, 0.05) is 22.9 Å². The monoisotopic (exact) mass is 483 g/mol. The number of imidazole rings is 1. The molecule has 4 N–H and O–H groups in total. The van der Waals surface area contributed by atoms with Crippen molar-refractivity contribution < 1.29 is 15.0 Å². The topological polar surface area (TPSA) is 119 Å². The van der Waals surface area contributed by atoms with E-state index in [-0.39, 0.29) is 11.7 Å². The Labute approximate surface area is 209 Å². The van der Waals surface area contributed by atoms with E-state index >= 15 is 0 Å². The van der Waals surface area contributed by atoms with Crippen LogP contribution in [-0.4, -0.2) is 46.7 Å². The Hall–Kier alpha value is -3.67. The Kier molecular flexibility index (Phi) is 5.01. The summed E-state index contributed by atoms with van der Waals surface area (Å²) in [7, 11) is 0. The van der Waals surface area contributed by atoms with Crippen LogP contribution in [0.15, 0.2) is 36.7 Å². The van der Waals surface area contributed by atoms with Crippen molar-refractivity contribution >= 4 is 11.5 Å². The van der Waals surface area contributed by atoms with Crippen LogP contribution in [-0.2, 0) is 6.54 Å². The smallest absolute Gasteiger partial charge is 0.269 e. The Balaban J connectivity index is 1.48. The second-order valence-corrected chi connectivity index (χ2v) is 10.8. The highest BCUT2D eigenvalue weighted by atomic mass is 16.3. The van der Waals surface area contributed by atoms with Crippen molar-refractivity contribution in [1.29, 1.82) is 0 Å². The third kappa shape index (κ3) is 3.85. The van der Waals surface area contributed by atoms with Crippen molar-refractivity contribution in [3.05, 3.63) is 53.5 Å². The Morgan fingerprint density at radius 2 is 2.03 bits per heavy atom. The lowest BCUT2D eigenvalue weighted by atomic mass is 9.86. The minimum absolute atomic E-state index is 0.0457. The number of allylic oxidation sites excluding steroid dienone is 2. The maximum atomic E-state index is 12.5. The van der Waals surface area contributed by atoms with Gasteiger partial charge in [-0.2, -0.15) is 5.10 Å². The molecule has 1 unspecified atom stereocenters. The second kappa shape index (κ2) is 7.92. The van der Waals surface area contributed by atoms with Gasteiger partial charge in [0.05, 0.1) is 30.1 Å². The highest BCUT2D eigenvalue weighted by Crippen LogP contribution is 2.49. The summed E-state index contributed by atoms with van der Waals surface area (Å²) in [4.78, 5) is 17.3. The molecule has 36 heavy (non-hydrogen) atoms. The van der Waals surface area contributed by atoms with Crippen molar-refractivity contribution in [2.75, 3.05) is 0 Å². The summed E-state index contributed by atoms with van der Waals surface area (Å²) in [6.45, 7) is 3.75. The number of hydrogen-bond donors (Lipinski definition) is 3. The number of aromatic nitrogens is 4. The molecule has 0 saturated heterocycles. The minimum Gasteiger partial charge on any atom is -0.389 e. The second-order valence-electron chi connectivity index (χ2n) is 10.8. The van der Waals surface area contributed by atoms with E-state index in [4.69, 9.17) is 10.7 Å². The third-order valence-corrected chi connectivity index (χ3v) is 7.23. The van der Waals surface area contributed by atoms with Gasteiger partial charge in [-0.3, -0.25) is 9.48 Å². The summed E-state index contributed by atoms with van der Waals surface area (Å²) in [6.07, 6.45) is 9.91. The molecule has 1 saturated carbocycles. The van der Waals surface area contributed by atoms with E-state index in [1.54, 1.807) is 24.7 Å². The van der Waals surface area contributed by atoms with Crippen LogP contribution in [0.2, 0.25) is 0 Å². The van der Waals surface area contributed by atoms with Gasteiger partial charge in [-0.1, -0.05) is 24.0 Å². The average molecular weight is 484 g/mol. The summed E-state index contributed by atoms with van der Waals surface area (Å²) >= 11 is 0. The lowest BCUT2D eigenvalue weighted by Crippen LogP contribution is -2.26. The first-order valence-electron chi connectivity index (χ1n) is 12.4. The zero-order chi connectivity index (χ0) is 25.2. The van der Waals surface area contributed by atoms with E-state index in [9.17, 15) is 15.0 Å². The zero-order valence-corrected chi connectivity index (χ0v) is 20.5. The molecule has 2 aliphatic carbocycles. The van der Waals surface area contributed by atoms with Gasteiger partial charge in [0.2, 0.25) is 0 Å². The molecule has 8 nitrogen and oxygen atoms in total. The Morgan fingerprint density at radius 3 is 2.72 bits per heavy atom. The van der Waals surface area contributed by atoms with Gasteiger partial charge in [-0.25, -0.2) is 4.98 Å². The van der Waals surface area contributed by atoms with Crippen LogP contribution < -0.4 is 5.73 Å². The van der Waals surface area contributed by atoms with Crippen LogP contribution in [0.3, 0.4) is 0 Å². The fourth-order valence-corrected chi connectivity index (χ4v) is 5.51. The molecule has 8 heteroatoms. The molecule has 0 radical (unpaired) electrons. The molecule has 1 aromatic carbocycles. The first-order valence-corrected chi connectivity index (χ1v) is 12.4. The summed E-state index contributed by atoms with van der Waals surface area (Å²) in [5.74, 6) is 6.32. The van der Waals surface area contributed by atoms with Crippen molar-refractivity contribution in [1.82, 2.24) is 19.3 Å². The predicted molar refractivity (Wildman–Crippen MR) is 136 cm³/mol. The molecule has 4 heterocycles. The minimum atomic E-state index is -0.933. The van der Waals surface area contributed by atoms with Crippen LogP contribution in [0.1, 0.15) is 73.6 Å². The molecule has 0 spiro atoms. The molecule has 3 aromatic rings. The van der Waals surface area contributed by atoms with Crippen LogP contribution >= 0.6 is 0 Å². The van der Waals surface area contributed by atoms with E-state index in [2.05, 4.69) is 33.6 Å². The first kappa shape index (κ1) is 22.8. The van der Waals surface area contributed by atoms with Crippen LogP contribution in [0.25, 0.3) is 28.2 Å². The molecular weight excluding hydrogens is 454 g/mol. The van der Waals surface area contributed by atoms with Crippen molar-refractivity contribution in [3.8, 4) is 34.5 Å². The number of nitrogens with two attached hydrogens (primary N) is 1. The number of primary amides is 1. The Morgan fingerprint density at radius 1 is 1.28 bits per heavy atom. The van der Waals surface area contributed by atoms with E-state index in [0.717, 1.165) is 41.5 Å². The molecule has 7 rings (SSSR count). The third-order valence-electron chi connectivity index (χ3n) is 7.23. The number of aliphatic hydroxyl groups is 2. The van der Waals surface area contributed by atoms with Gasteiger partial charge in [0.15, 0.2) is 5.69 Å².